The molecule has 0 saturated heterocycles. The van der Waals surface area contributed by atoms with E-state index in [1.54, 1.807) is 0 Å². The Morgan fingerprint density at radius 3 is 2.47 bits per heavy atom. The number of fused-ring (bicyclic) bond motifs is 2. The first-order valence-electron chi connectivity index (χ1n) is 6.70. The highest BCUT2D eigenvalue weighted by atomic mass is 14.2. The van der Waals surface area contributed by atoms with E-state index < -0.39 is 0 Å². The highest BCUT2D eigenvalue weighted by Crippen LogP contribution is 2.35. The molecular weight excluding hydrogens is 228 g/mol. The first kappa shape index (κ1) is 10.6. The SMILES string of the molecule is C1=Cc2c(cccc2-c2cccc3ccccc23)C1. The molecule has 0 amide bonds. The van der Waals surface area contributed by atoms with Crippen molar-refractivity contribution in [3.05, 3.63) is 77.9 Å². The third kappa shape index (κ3) is 1.61. The summed E-state index contributed by atoms with van der Waals surface area (Å²) < 4.78 is 0. The van der Waals surface area contributed by atoms with Gasteiger partial charge in [0.15, 0.2) is 0 Å². The molecule has 0 atom stereocenters. The first-order valence-corrected chi connectivity index (χ1v) is 6.70. The van der Waals surface area contributed by atoms with Gasteiger partial charge in [0, 0.05) is 0 Å². The minimum absolute atomic E-state index is 1.06. The fourth-order valence-electron chi connectivity index (χ4n) is 2.99. The van der Waals surface area contributed by atoms with E-state index in [9.17, 15) is 0 Å². The molecule has 90 valence electrons. The van der Waals surface area contributed by atoms with Crippen molar-refractivity contribution in [3.63, 3.8) is 0 Å². The summed E-state index contributed by atoms with van der Waals surface area (Å²) in [5, 5.41) is 2.64. The molecule has 0 spiro atoms. The van der Waals surface area contributed by atoms with E-state index in [1.165, 1.54) is 33.0 Å². The van der Waals surface area contributed by atoms with E-state index >= 15 is 0 Å². The molecule has 3 aromatic carbocycles. The molecule has 0 heteroatoms. The average molecular weight is 242 g/mol. The lowest BCUT2D eigenvalue weighted by atomic mass is 9.93. The van der Waals surface area contributed by atoms with Crippen molar-refractivity contribution in [1.82, 2.24) is 0 Å². The molecule has 0 unspecified atom stereocenters. The second-order valence-electron chi connectivity index (χ2n) is 5.01. The van der Waals surface area contributed by atoms with Crippen LogP contribution in [0.3, 0.4) is 0 Å². The summed E-state index contributed by atoms with van der Waals surface area (Å²) in [5.41, 5.74) is 5.51. The summed E-state index contributed by atoms with van der Waals surface area (Å²) >= 11 is 0. The van der Waals surface area contributed by atoms with Crippen LogP contribution in [0.4, 0.5) is 0 Å². The largest absolute Gasteiger partial charge is 0.0795 e. The molecule has 0 aromatic heterocycles. The van der Waals surface area contributed by atoms with Crippen LogP contribution in [0.25, 0.3) is 28.0 Å². The maximum atomic E-state index is 2.26. The highest BCUT2D eigenvalue weighted by Gasteiger charge is 2.12. The maximum Gasteiger partial charge on any atom is -0.00879 e. The van der Waals surface area contributed by atoms with Gasteiger partial charge in [-0.3, -0.25) is 0 Å². The van der Waals surface area contributed by atoms with Crippen LogP contribution in [-0.2, 0) is 6.42 Å². The van der Waals surface area contributed by atoms with Crippen LogP contribution in [0.1, 0.15) is 11.1 Å². The fraction of sp³-hybridized carbons (Fsp3) is 0.0526. The lowest BCUT2D eigenvalue weighted by molar-refractivity contribution is 1.31. The van der Waals surface area contributed by atoms with Crippen LogP contribution >= 0.6 is 0 Å². The van der Waals surface area contributed by atoms with Gasteiger partial charge >= 0.3 is 0 Å². The zero-order valence-electron chi connectivity index (χ0n) is 10.6. The van der Waals surface area contributed by atoms with E-state index in [0.29, 0.717) is 0 Å². The molecule has 19 heavy (non-hydrogen) atoms. The third-order valence-electron chi connectivity index (χ3n) is 3.90. The molecule has 0 nitrogen and oxygen atoms in total. The van der Waals surface area contributed by atoms with Crippen LogP contribution in [0.15, 0.2) is 66.7 Å². The summed E-state index contributed by atoms with van der Waals surface area (Å²) in [4.78, 5) is 0. The van der Waals surface area contributed by atoms with Gasteiger partial charge in [-0.15, -0.1) is 0 Å². The molecule has 0 saturated carbocycles. The highest BCUT2D eigenvalue weighted by molar-refractivity contribution is 5.99. The minimum Gasteiger partial charge on any atom is -0.0795 e. The summed E-state index contributed by atoms with van der Waals surface area (Å²) in [6, 6.07) is 21.8. The second-order valence-corrected chi connectivity index (χ2v) is 5.01. The summed E-state index contributed by atoms with van der Waals surface area (Å²) in [7, 11) is 0. The van der Waals surface area contributed by atoms with Gasteiger partial charge in [-0.05, 0) is 39.4 Å². The van der Waals surface area contributed by atoms with Crippen molar-refractivity contribution in [2.24, 2.45) is 0 Å². The van der Waals surface area contributed by atoms with E-state index in [1.807, 2.05) is 0 Å². The molecule has 4 rings (SSSR count). The number of hydrogen-bond donors (Lipinski definition) is 0. The van der Waals surface area contributed by atoms with Crippen LogP contribution in [0.5, 0.6) is 0 Å². The van der Waals surface area contributed by atoms with Gasteiger partial charge in [-0.25, -0.2) is 0 Å². The summed E-state index contributed by atoms with van der Waals surface area (Å²) in [6.45, 7) is 0. The lowest BCUT2D eigenvalue weighted by Gasteiger charge is -2.11. The molecule has 3 aromatic rings. The average Bonchev–Trinajstić information content (AvgIpc) is 2.95. The van der Waals surface area contributed by atoms with E-state index in [0.717, 1.165) is 6.42 Å². The predicted octanol–water partition coefficient (Wildman–Crippen LogP) is 5.08. The summed E-state index contributed by atoms with van der Waals surface area (Å²) in [6.07, 6.45) is 5.57. The molecule has 1 aliphatic carbocycles. The normalized spacial score (nSPS) is 12.8. The fourth-order valence-corrected chi connectivity index (χ4v) is 2.99. The third-order valence-corrected chi connectivity index (χ3v) is 3.90. The van der Waals surface area contributed by atoms with Crippen LogP contribution in [0, 0.1) is 0 Å². The molecule has 0 fully saturated rings. The lowest BCUT2D eigenvalue weighted by Crippen LogP contribution is -1.88. The Labute approximate surface area is 113 Å². The second kappa shape index (κ2) is 4.10. The zero-order valence-corrected chi connectivity index (χ0v) is 10.6. The van der Waals surface area contributed by atoms with Crippen LogP contribution in [-0.4, -0.2) is 0 Å². The topological polar surface area (TPSA) is 0 Å². The van der Waals surface area contributed by atoms with Crippen molar-refractivity contribution in [1.29, 1.82) is 0 Å². The number of benzene rings is 3. The molecule has 0 heterocycles. The van der Waals surface area contributed by atoms with Gasteiger partial charge < -0.3 is 0 Å². The number of hydrogen-bond acceptors (Lipinski definition) is 0. The monoisotopic (exact) mass is 242 g/mol. The van der Waals surface area contributed by atoms with E-state index in [2.05, 4.69) is 72.8 Å². The molecule has 0 radical (unpaired) electrons. The van der Waals surface area contributed by atoms with Gasteiger partial charge in [0.2, 0.25) is 0 Å². The van der Waals surface area contributed by atoms with Gasteiger partial charge in [0.25, 0.3) is 0 Å². The van der Waals surface area contributed by atoms with Crippen LogP contribution in [0.2, 0.25) is 0 Å². The van der Waals surface area contributed by atoms with Gasteiger partial charge in [-0.1, -0.05) is 72.8 Å². The van der Waals surface area contributed by atoms with Crippen molar-refractivity contribution in [2.75, 3.05) is 0 Å². The van der Waals surface area contributed by atoms with Crippen molar-refractivity contribution < 1.29 is 0 Å². The smallest absolute Gasteiger partial charge is 0.00879 e. The van der Waals surface area contributed by atoms with Gasteiger partial charge in [0.05, 0.1) is 0 Å². The van der Waals surface area contributed by atoms with Gasteiger partial charge in [-0.2, -0.15) is 0 Å². The molecule has 0 aliphatic heterocycles. The molecule has 0 N–H and O–H groups in total. The van der Waals surface area contributed by atoms with Crippen molar-refractivity contribution in [3.8, 4) is 11.1 Å². The van der Waals surface area contributed by atoms with Crippen molar-refractivity contribution in [2.45, 2.75) is 6.42 Å². The Kier molecular flexibility index (Phi) is 2.28. The maximum absolute atomic E-state index is 2.26. The predicted molar refractivity (Wildman–Crippen MR) is 82.1 cm³/mol. The molecule has 0 bridgehead atoms. The molecule has 1 aliphatic rings. The standard InChI is InChI=1S/C19H14/c1-2-10-16-14(6-1)8-4-12-18(16)19-13-5-9-15-7-3-11-17(15)19/h1-6,8-13H,7H2. The quantitative estimate of drug-likeness (QED) is 0.558. The van der Waals surface area contributed by atoms with Crippen molar-refractivity contribution >= 4 is 16.8 Å². The van der Waals surface area contributed by atoms with E-state index in [-0.39, 0.29) is 0 Å². The van der Waals surface area contributed by atoms with E-state index in [4.69, 9.17) is 0 Å². The Bertz CT molecular complexity index is 789. The van der Waals surface area contributed by atoms with Gasteiger partial charge in [0.1, 0.15) is 0 Å². The Balaban J connectivity index is 2.06. The zero-order chi connectivity index (χ0) is 12.7. The Morgan fingerprint density at radius 1 is 0.684 bits per heavy atom. The molecular formula is C19H14. The Morgan fingerprint density at radius 2 is 1.47 bits per heavy atom. The van der Waals surface area contributed by atoms with Crippen LogP contribution < -0.4 is 0 Å². The Hall–Kier alpha value is -2.34. The number of rotatable bonds is 1. The summed E-state index contributed by atoms with van der Waals surface area (Å²) in [5.74, 6) is 0. The first-order chi connectivity index (χ1) is 9.43. The minimum atomic E-state index is 1.06. The number of allylic oxidation sites excluding steroid dienone is 1.